The van der Waals surface area contributed by atoms with Crippen LogP contribution < -0.4 is 10.3 Å². The highest BCUT2D eigenvalue weighted by molar-refractivity contribution is 5.83. The van der Waals surface area contributed by atoms with Gasteiger partial charge in [0.1, 0.15) is 5.75 Å². The Bertz CT molecular complexity index is 1220. The number of hydrogen-bond donors (Lipinski definition) is 2. The molecule has 4 rings (SSSR count). The SMILES string of the molecule is COc1ccccc1-c1c(C)[nH]n2c(=O)cc(C3CCN(C(=O)O)C(C(C)(C)C)C3)nc12. The lowest BCUT2D eigenvalue weighted by atomic mass is 9.76. The summed E-state index contributed by atoms with van der Waals surface area (Å²) in [6.45, 7) is 8.50. The molecule has 2 atom stereocenters. The molecule has 3 heterocycles. The number of H-pyrrole nitrogens is 1. The third-order valence-corrected chi connectivity index (χ3v) is 6.46. The number of amides is 1. The number of carbonyl (C=O) groups is 1. The van der Waals surface area contributed by atoms with Gasteiger partial charge < -0.3 is 14.7 Å². The van der Waals surface area contributed by atoms with E-state index in [1.807, 2.05) is 31.2 Å². The third kappa shape index (κ3) is 3.74. The lowest BCUT2D eigenvalue weighted by molar-refractivity contribution is 0.0521. The number of aromatic nitrogens is 3. The number of methoxy groups -OCH3 is 1. The van der Waals surface area contributed by atoms with E-state index in [-0.39, 0.29) is 22.9 Å². The molecule has 1 aliphatic rings. The van der Waals surface area contributed by atoms with Crippen molar-refractivity contribution in [2.45, 2.75) is 52.5 Å². The van der Waals surface area contributed by atoms with Crippen molar-refractivity contribution < 1.29 is 14.6 Å². The summed E-state index contributed by atoms with van der Waals surface area (Å²) in [4.78, 5) is 31.2. The molecular weight excluding hydrogens is 408 g/mol. The largest absolute Gasteiger partial charge is 0.496 e. The van der Waals surface area contributed by atoms with Gasteiger partial charge in [-0.1, -0.05) is 39.0 Å². The number of nitrogens with zero attached hydrogens (tertiary/aromatic N) is 3. The van der Waals surface area contributed by atoms with E-state index in [9.17, 15) is 14.7 Å². The van der Waals surface area contributed by atoms with Crippen molar-refractivity contribution in [1.82, 2.24) is 19.5 Å². The van der Waals surface area contributed by atoms with Gasteiger partial charge in [-0.2, -0.15) is 0 Å². The van der Waals surface area contributed by atoms with Crippen molar-refractivity contribution in [3.05, 3.63) is 52.1 Å². The number of ether oxygens (including phenoxy) is 1. The second-order valence-corrected chi connectivity index (χ2v) is 9.57. The summed E-state index contributed by atoms with van der Waals surface area (Å²) in [6, 6.07) is 9.10. The Balaban J connectivity index is 1.82. The molecule has 2 aromatic heterocycles. The number of fused-ring (bicyclic) bond motifs is 1. The molecule has 170 valence electrons. The van der Waals surface area contributed by atoms with E-state index in [0.29, 0.717) is 36.5 Å². The molecule has 1 amide bonds. The minimum Gasteiger partial charge on any atom is -0.496 e. The van der Waals surface area contributed by atoms with Crippen LogP contribution >= 0.6 is 0 Å². The molecular formula is C24H30N4O4. The summed E-state index contributed by atoms with van der Waals surface area (Å²) in [5.74, 6) is 0.715. The lowest BCUT2D eigenvalue weighted by Crippen LogP contribution is -2.51. The van der Waals surface area contributed by atoms with Crippen LogP contribution in [0.5, 0.6) is 5.75 Å². The molecule has 2 N–H and O–H groups in total. The van der Waals surface area contributed by atoms with Crippen LogP contribution in [0.25, 0.3) is 16.8 Å². The molecule has 0 aliphatic carbocycles. The minimum absolute atomic E-state index is 0.00764. The molecule has 8 heteroatoms. The minimum atomic E-state index is -0.897. The van der Waals surface area contributed by atoms with Gasteiger partial charge in [0.2, 0.25) is 0 Å². The Labute approximate surface area is 186 Å². The van der Waals surface area contributed by atoms with E-state index >= 15 is 0 Å². The van der Waals surface area contributed by atoms with Crippen LogP contribution in [-0.4, -0.2) is 50.4 Å². The number of benzene rings is 1. The quantitative estimate of drug-likeness (QED) is 0.636. The van der Waals surface area contributed by atoms with Crippen LogP contribution in [0.4, 0.5) is 4.79 Å². The normalized spacial score (nSPS) is 19.3. The topological polar surface area (TPSA) is 99.9 Å². The van der Waals surface area contributed by atoms with Crippen LogP contribution in [0, 0.1) is 12.3 Å². The highest BCUT2D eigenvalue weighted by Crippen LogP contribution is 2.39. The fourth-order valence-corrected chi connectivity index (χ4v) is 4.83. The van der Waals surface area contributed by atoms with Gasteiger partial charge in [-0.15, -0.1) is 0 Å². The fourth-order valence-electron chi connectivity index (χ4n) is 4.83. The third-order valence-electron chi connectivity index (χ3n) is 6.46. The van der Waals surface area contributed by atoms with Gasteiger partial charge in [0.15, 0.2) is 5.65 Å². The van der Waals surface area contributed by atoms with Gasteiger partial charge >= 0.3 is 6.09 Å². The maximum absolute atomic E-state index is 13.0. The molecule has 1 fully saturated rings. The molecule has 0 bridgehead atoms. The molecule has 1 aromatic carbocycles. The van der Waals surface area contributed by atoms with E-state index in [0.717, 1.165) is 16.8 Å². The Morgan fingerprint density at radius 2 is 2.00 bits per heavy atom. The zero-order chi connectivity index (χ0) is 23.2. The molecule has 2 unspecified atom stereocenters. The van der Waals surface area contributed by atoms with Crippen LogP contribution in [0.2, 0.25) is 0 Å². The molecule has 0 radical (unpaired) electrons. The van der Waals surface area contributed by atoms with E-state index in [1.165, 1.54) is 9.42 Å². The van der Waals surface area contributed by atoms with Gasteiger partial charge in [0.05, 0.1) is 18.4 Å². The zero-order valence-corrected chi connectivity index (χ0v) is 19.2. The predicted octanol–water partition coefficient (Wildman–Crippen LogP) is 4.28. The lowest BCUT2D eigenvalue weighted by Gasteiger charge is -2.44. The number of para-hydroxylation sites is 1. The first-order chi connectivity index (χ1) is 15.1. The number of nitrogens with one attached hydrogen (secondary N) is 1. The Morgan fingerprint density at radius 3 is 2.66 bits per heavy atom. The van der Waals surface area contributed by atoms with E-state index in [4.69, 9.17) is 9.72 Å². The molecule has 1 saturated heterocycles. The monoisotopic (exact) mass is 438 g/mol. The van der Waals surface area contributed by atoms with Crippen molar-refractivity contribution in [2.24, 2.45) is 5.41 Å². The summed E-state index contributed by atoms with van der Waals surface area (Å²) in [6.07, 6.45) is 0.368. The molecule has 0 saturated carbocycles. The number of hydrogen-bond acceptors (Lipinski definition) is 4. The van der Waals surface area contributed by atoms with Crippen molar-refractivity contribution >= 4 is 11.7 Å². The summed E-state index contributed by atoms with van der Waals surface area (Å²) in [5, 5.41) is 12.8. The van der Waals surface area contributed by atoms with E-state index in [1.54, 1.807) is 13.2 Å². The Morgan fingerprint density at radius 1 is 1.28 bits per heavy atom. The average Bonchev–Trinajstić information content (AvgIpc) is 3.08. The summed E-state index contributed by atoms with van der Waals surface area (Å²) < 4.78 is 7.01. The van der Waals surface area contributed by atoms with Crippen LogP contribution in [0.3, 0.4) is 0 Å². The smallest absolute Gasteiger partial charge is 0.407 e. The molecule has 0 spiro atoms. The van der Waals surface area contributed by atoms with Crippen LogP contribution in [0.15, 0.2) is 35.1 Å². The molecule has 1 aliphatic heterocycles. The second-order valence-electron chi connectivity index (χ2n) is 9.57. The molecule has 8 nitrogen and oxygen atoms in total. The Kier molecular flexibility index (Phi) is 5.48. The first kappa shape index (κ1) is 21.9. The second kappa shape index (κ2) is 8.00. The predicted molar refractivity (Wildman–Crippen MR) is 122 cm³/mol. The van der Waals surface area contributed by atoms with Crippen LogP contribution in [-0.2, 0) is 0 Å². The number of likely N-dealkylation sites (tertiary alicyclic amines) is 1. The Hall–Kier alpha value is -3.29. The number of piperidine rings is 1. The highest BCUT2D eigenvalue weighted by Gasteiger charge is 2.39. The summed E-state index contributed by atoms with van der Waals surface area (Å²) >= 11 is 0. The maximum atomic E-state index is 13.0. The van der Waals surface area contributed by atoms with Gasteiger partial charge in [-0.25, -0.2) is 14.3 Å². The van der Waals surface area contributed by atoms with Crippen molar-refractivity contribution in [3.63, 3.8) is 0 Å². The van der Waals surface area contributed by atoms with Gasteiger partial charge in [-0.05, 0) is 31.2 Å². The number of rotatable bonds is 3. The van der Waals surface area contributed by atoms with E-state index in [2.05, 4.69) is 25.9 Å². The molecule has 32 heavy (non-hydrogen) atoms. The van der Waals surface area contributed by atoms with Crippen molar-refractivity contribution in [3.8, 4) is 16.9 Å². The standard InChI is InChI=1S/C24H30N4O4/c1-14-21(16-8-6-7-9-18(16)32-5)22-25-17(13-20(29)28(22)26-14)15-10-11-27(23(30)31)19(12-15)24(2,3)4/h6-9,13,15,19,26H,10-12H2,1-5H3,(H,30,31). The number of aromatic amines is 1. The fraction of sp³-hybridized carbons (Fsp3) is 0.458. The zero-order valence-electron chi connectivity index (χ0n) is 19.2. The van der Waals surface area contributed by atoms with Gasteiger partial charge in [0.25, 0.3) is 5.56 Å². The maximum Gasteiger partial charge on any atom is 0.407 e. The average molecular weight is 439 g/mol. The highest BCUT2D eigenvalue weighted by atomic mass is 16.5. The number of carboxylic acid groups (broad SMARTS) is 1. The number of aryl methyl sites for hydroxylation is 1. The first-order valence-electron chi connectivity index (χ1n) is 10.9. The van der Waals surface area contributed by atoms with Crippen molar-refractivity contribution in [1.29, 1.82) is 0 Å². The van der Waals surface area contributed by atoms with Gasteiger partial charge in [0, 0.05) is 35.8 Å². The summed E-state index contributed by atoms with van der Waals surface area (Å²) in [7, 11) is 1.62. The van der Waals surface area contributed by atoms with Crippen LogP contribution in [0.1, 0.15) is 50.9 Å². The summed E-state index contributed by atoms with van der Waals surface area (Å²) in [5.41, 5.74) is 3.39. The van der Waals surface area contributed by atoms with Crippen molar-refractivity contribution in [2.75, 3.05) is 13.7 Å². The van der Waals surface area contributed by atoms with E-state index < -0.39 is 6.09 Å². The first-order valence-corrected chi connectivity index (χ1v) is 10.9. The molecule has 3 aromatic rings. The van der Waals surface area contributed by atoms with Gasteiger partial charge in [-0.3, -0.25) is 9.89 Å².